The zero-order valence-corrected chi connectivity index (χ0v) is 11.5. The molecule has 4 heteroatoms. The maximum atomic E-state index is 9.66. The van der Waals surface area contributed by atoms with Gasteiger partial charge in [0.05, 0.1) is 0 Å². The summed E-state index contributed by atoms with van der Waals surface area (Å²) in [4.78, 5) is 0. The van der Waals surface area contributed by atoms with Gasteiger partial charge in [-0.3, -0.25) is 0 Å². The van der Waals surface area contributed by atoms with Crippen LogP contribution in [0.3, 0.4) is 0 Å². The summed E-state index contributed by atoms with van der Waals surface area (Å²) >= 11 is 7.86. The molecule has 1 aromatic heterocycles. The Balaban J connectivity index is 1.89. The number of aromatic hydroxyl groups is 1. The number of fused-ring (bicyclic) bond motifs is 1. The minimum atomic E-state index is 0.146. The third kappa shape index (κ3) is 2.39. The molecule has 0 aliphatic carbocycles. The Morgan fingerprint density at radius 3 is 2.79 bits per heavy atom. The summed E-state index contributed by atoms with van der Waals surface area (Å²) in [5, 5.41) is 13.5. The Morgan fingerprint density at radius 2 is 1.95 bits per heavy atom. The van der Waals surface area contributed by atoms with Crippen molar-refractivity contribution in [2.24, 2.45) is 0 Å². The number of halogens is 1. The van der Waals surface area contributed by atoms with Crippen LogP contribution in [0.1, 0.15) is 5.56 Å². The van der Waals surface area contributed by atoms with Crippen LogP contribution in [-0.2, 0) is 6.61 Å². The average Bonchev–Trinajstić information content (AvgIpc) is 2.83. The van der Waals surface area contributed by atoms with E-state index in [9.17, 15) is 5.11 Å². The first-order valence-electron chi connectivity index (χ1n) is 5.81. The van der Waals surface area contributed by atoms with Gasteiger partial charge < -0.3 is 9.84 Å². The normalized spacial score (nSPS) is 10.8. The predicted molar refractivity (Wildman–Crippen MR) is 79.3 cm³/mol. The molecule has 0 unspecified atom stereocenters. The molecule has 0 atom stereocenters. The van der Waals surface area contributed by atoms with E-state index in [-0.39, 0.29) is 5.75 Å². The Bertz CT molecular complexity index is 721. The number of hydrogen-bond donors (Lipinski definition) is 1. The molecule has 19 heavy (non-hydrogen) atoms. The summed E-state index contributed by atoms with van der Waals surface area (Å²) in [5.74, 6) is 0.627. The topological polar surface area (TPSA) is 29.5 Å². The standard InChI is InChI=1S/C15H11ClO2S/c16-11-4-3-7-14-15(11)10(9-19-14)8-18-13-6-2-1-5-12(13)17/h1-7,9,17H,8H2. The fourth-order valence-corrected chi connectivity index (χ4v) is 3.27. The zero-order valence-electron chi connectivity index (χ0n) is 9.97. The van der Waals surface area contributed by atoms with Crippen molar-refractivity contribution in [2.45, 2.75) is 6.61 Å². The number of para-hydroxylation sites is 2. The minimum absolute atomic E-state index is 0.146. The lowest BCUT2D eigenvalue weighted by molar-refractivity contribution is 0.290. The lowest BCUT2D eigenvalue weighted by atomic mass is 10.2. The zero-order chi connectivity index (χ0) is 13.2. The van der Waals surface area contributed by atoms with Crippen molar-refractivity contribution in [2.75, 3.05) is 0 Å². The van der Waals surface area contributed by atoms with Crippen LogP contribution in [0.15, 0.2) is 47.8 Å². The number of thiophene rings is 1. The molecule has 1 N–H and O–H groups in total. The summed E-state index contributed by atoms with van der Waals surface area (Å²) < 4.78 is 6.78. The van der Waals surface area contributed by atoms with E-state index in [0.717, 1.165) is 20.7 Å². The van der Waals surface area contributed by atoms with Crippen LogP contribution in [0, 0.1) is 0 Å². The van der Waals surface area contributed by atoms with Gasteiger partial charge in [-0.1, -0.05) is 29.8 Å². The summed E-state index contributed by atoms with van der Waals surface area (Å²) in [6.45, 7) is 0.390. The molecular weight excluding hydrogens is 280 g/mol. The van der Waals surface area contributed by atoms with Gasteiger partial charge in [-0.2, -0.15) is 0 Å². The highest BCUT2D eigenvalue weighted by Crippen LogP contribution is 2.33. The molecule has 0 saturated carbocycles. The predicted octanol–water partition coefficient (Wildman–Crippen LogP) is 4.84. The van der Waals surface area contributed by atoms with Crippen LogP contribution in [0.2, 0.25) is 5.02 Å². The third-order valence-electron chi connectivity index (χ3n) is 2.87. The van der Waals surface area contributed by atoms with Crippen LogP contribution in [0.4, 0.5) is 0 Å². The third-order valence-corrected chi connectivity index (χ3v) is 4.18. The van der Waals surface area contributed by atoms with Gasteiger partial charge in [0, 0.05) is 20.7 Å². The molecule has 2 nitrogen and oxygen atoms in total. The largest absolute Gasteiger partial charge is 0.504 e. The molecule has 0 amide bonds. The molecule has 0 fully saturated rings. The molecule has 0 saturated heterocycles. The first kappa shape index (κ1) is 12.3. The number of ether oxygens (including phenoxy) is 1. The fourth-order valence-electron chi connectivity index (χ4n) is 1.95. The Morgan fingerprint density at radius 1 is 1.11 bits per heavy atom. The van der Waals surface area contributed by atoms with Crippen molar-refractivity contribution >= 4 is 33.0 Å². The van der Waals surface area contributed by atoms with Crippen molar-refractivity contribution in [1.29, 1.82) is 0 Å². The molecule has 0 aliphatic rings. The number of phenolic OH excluding ortho intramolecular Hbond substituents is 1. The average molecular weight is 291 g/mol. The van der Waals surface area contributed by atoms with Gasteiger partial charge in [0.15, 0.2) is 11.5 Å². The summed E-state index contributed by atoms with van der Waals surface area (Å²) in [6.07, 6.45) is 0. The first-order valence-corrected chi connectivity index (χ1v) is 7.07. The number of benzene rings is 2. The van der Waals surface area contributed by atoms with Gasteiger partial charge in [-0.05, 0) is 29.6 Å². The van der Waals surface area contributed by atoms with Gasteiger partial charge in [0.1, 0.15) is 6.61 Å². The van der Waals surface area contributed by atoms with E-state index in [1.165, 1.54) is 0 Å². The van der Waals surface area contributed by atoms with Crippen molar-refractivity contribution in [3.8, 4) is 11.5 Å². The van der Waals surface area contributed by atoms with E-state index in [4.69, 9.17) is 16.3 Å². The quantitative estimate of drug-likeness (QED) is 0.748. The van der Waals surface area contributed by atoms with E-state index in [1.807, 2.05) is 29.6 Å². The van der Waals surface area contributed by atoms with E-state index >= 15 is 0 Å². The monoisotopic (exact) mass is 290 g/mol. The molecule has 2 aromatic carbocycles. The lowest BCUT2D eigenvalue weighted by Crippen LogP contribution is -1.94. The van der Waals surface area contributed by atoms with Crippen LogP contribution in [-0.4, -0.2) is 5.11 Å². The van der Waals surface area contributed by atoms with Gasteiger partial charge in [-0.25, -0.2) is 0 Å². The van der Waals surface area contributed by atoms with Gasteiger partial charge in [-0.15, -0.1) is 11.3 Å². The van der Waals surface area contributed by atoms with Crippen LogP contribution in [0.5, 0.6) is 11.5 Å². The molecule has 0 spiro atoms. The Labute approximate surface area is 119 Å². The molecule has 0 bridgehead atoms. The van der Waals surface area contributed by atoms with E-state index in [2.05, 4.69) is 0 Å². The second-order valence-corrected chi connectivity index (χ2v) is 5.45. The number of hydrogen-bond acceptors (Lipinski definition) is 3. The van der Waals surface area contributed by atoms with Crippen LogP contribution >= 0.6 is 22.9 Å². The first-order chi connectivity index (χ1) is 9.25. The fraction of sp³-hybridized carbons (Fsp3) is 0.0667. The highest BCUT2D eigenvalue weighted by molar-refractivity contribution is 7.17. The molecule has 3 rings (SSSR count). The Hall–Kier alpha value is -1.71. The minimum Gasteiger partial charge on any atom is -0.504 e. The second-order valence-electron chi connectivity index (χ2n) is 4.13. The Kier molecular flexibility index (Phi) is 3.32. The van der Waals surface area contributed by atoms with Crippen molar-refractivity contribution < 1.29 is 9.84 Å². The number of rotatable bonds is 3. The molecule has 0 radical (unpaired) electrons. The molecule has 1 heterocycles. The van der Waals surface area contributed by atoms with E-state index in [1.54, 1.807) is 29.5 Å². The summed E-state index contributed by atoms with van der Waals surface area (Å²) in [7, 11) is 0. The van der Waals surface area contributed by atoms with Gasteiger partial charge >= 0.3 is 0 Å². The summed E-state index contributed by atoms with van der Waals surface area (Å²) in [5.41, 5.74) is 1.04. The number of phenols is 1. The molecular formula is C15H11ClO2S. The van der Waals surface area contributed by atoms with Gasteiger partial charge in [0.25, 0.3) is 0 Å². The molecule has 0 aliphatic heterocycles. The highest BCUT2D eigenvalue weighted by Gasteiger charge is 2.09. The summed E-state index contributed by atoms with van der Waals surface area (Å²) in [6, 6.07) is 12.8. The SMILES string of the molecule is Oc1ccccc1OCc1csc2cccc(Cl)c12. The van der Waals surface area contributed by atoms with Crippen molar-refractivity contribution in [3.05, 3.63) is 58.4 Å². The van der Waals surface area contributed by atoms with Crippen molar-refractivity contribution in [3.63, 3.8) is 0 Å². The maximum absolute atomic E-state index is 9.66. The second kappa shape index (κ2) is 5.11. The highest BCUT2D eigenvalue weighted by atomic mass is 35.5. The van der Waals surface area contributed by atoms with E-state index < -0.39 is 0 Å². The molecule has 96 valence electrons. The van der Waals surface area contributed by atoms with Crippen molar-refractivity contribution in [1.82, 2.24) is 0 Å². The smallest absolute Gasteiger partial charge is 0.161 e. The molecule has 3 aromatic rings. The maximum Gasteiger partial charge on any atom is 0.161 e. The van der Waals surface area contributed by atoms with Gasteiger partial charge in [0.2, 0.25) is 0 Å². The lowest BCUT2D eigenvalue weighted by Gasteiger charge is -2.07. The van der Waals surface area contributed by atoms with Crippen LogP contribution in [0.25, 0.3) is 10.1 Å². The van der Waals surface area contributed by atoms with Crippen LogP contribution < -0.4 is 4.74 Å². The van der Waals surface area contributed by atoms with E-state index in [0.29, 0.717) is 12.4 Å².